The minimum atomic E-state index is 0.193. The minimum absolute atomic E-state index is 0.193. The highest BCUT2D eigenvalue weighted by molar-refractivity contribution is 9.09. The van der Waals surface area contributed by atoms with Crippen molar-refractivity contribution < 1.29 is 9.84 Å². The molecule has 0 amide bonds. The maximum absolute atomic E-state index is 8.65. The molecular formula is C9H11BrO2. The highest BCUT2D eigenvalue weighted by Crippen LogP contribution is 2.12. The third kappa shape index (κ3) is 2.83. The van der Waals surface area contributed by atoms with E-state index in [0.29, 0.717) is 11.9 Å². The third-order valence-electron chi connectivity index (χ3n) is 1.55. The van der Waals surface area contributed by atoms with Gasteiger partial charge in [-0.2, -0.15) is 0 Å². The third-order valence-corrected chi connectivity index (χ3v) is 1.77. The molecule has 0 aliphatic carbocycles. The van der Waals surface area contributed by atoms with E-state index < -0.39 is 0 Å². The van der Waals surface area contributed by atoms with Crippen LogP contribution in [0.2, 0.25) is 0 Å². The lowest BCUT2D eigenvalue weighted by Gasteiger charge is -2.02. The van der Waals surface area contributed by atoms with Gasteiger partial charge in [0.05, 0.1) is 0 Å². The van der Waals surface area contributed by atoms with E-state index in [2.05, 4.69) is 15.9 Å². The van der Waals surface area contributed by atoms with Gasteiger partial charge in [-0.25, -0.2) is 0 Å². The molecule has 1 aromatic carbocycles. The van der Waals surface area contributed by atoms with Gasteiger partial charge in [-0.05, 0) is 40.0 Å². The summed E-state index contributed by atoms with van der Waals surface area (Å²) < 4.78 is 5.19. The monoisotopic (exact) mass is 230 g/mol. The smallest absolute Gasteiger partial charge is 0.143 e. The second kappa shape index (κ2) is 5.17. The van der Waals surface area contributed by atoms with Gasteiger partial charge in [0.25, 0.3) is 0 Å². The molecule has 66 valence electrons. The zero-order valence-corrected chi connectivity index (χ0v) is 8.25. The number of ether oxygens (including phenoxy) is 1. The fraction of sp³-hybridized carbons (Fsp3) is 0.333. The maximum Gasteiger partial charge on any atom is 0.143 e. The topological polar surface area (TPSA) is 29.5 Å². The largest absolute Gasteiger partial charge is 0.482 e. The summed E-state index contributed by atoms with van der Waals surface area (Å²) in [7, 11) is 0. The maximum atomic E-state index is 8.65. The summed E-state index contributed by atoms with van der Waals surface area (Å²) in [6.07, 6.45) is 0.703. The van der Waals surface area contributed by atoms with E-state index in [0.717, 1.165) is 11.3 Å². The number of halogens is 1. The Hall–Kier alpha value is -0.540. The average Bonchev–Trinajstić information content (AvgIpc) is 2.09. The lowest BCUT2D eigenvalue weighted by atomic mass is 10.1. The van der Waals surface area contributed by atoms with Gasteiger partial charge in [-0.15, -0.1) is 0 Å². The van der Waals surface area contributed by atoms with Gasteiger partial charge in [-0.1, -0.05) is 12.1 Å². The van der Waals surface area contributed by atoms with Crippen LogP contribution in [0, 0.1) is 0 Å². The predicted octanol–water partition coefficient (Wildman–Crippen LogP) is 1.95. The Bertz CT molecular complexity index is 195. The summed E-state index contributed by atoms with van der Waals surface area (Å²) in [4.78, 5) is 0. The van der Waals surface area contributed by atoms with E-state index in [1.54, 1.807) is 0 Å². The lowest BCUT2D eigenvalue weighted by Crippen LogP contribution is -1.91. The molecular weight excluding hydrogens is 220 g/mol. The molecule has 0 heterocycles. The molecule has 0 unspecified atom stereocenters. The van der Waals surface area contributed by atoms with Crippen LogP contribution in [-0.2, 0) is 6.42 Å². The van der Waals surface area contributed by atoms with Crippen molar-refractivity contribution in [3.8, 4) is 5.75 Å². The summed E-state index contributed by atoms with van der Waals surface area (Å²) in [6, 6.07) is 7.70. The van der Waals surface area contributed by atoms with Gasteiger partial charge < -0.3 is 9.84 Å². The summed E-state index contributed by atoms with van der Waals surface area (Å²) >= 11 is 3.17. The molecule has 0 bridgehead atoms. The number of hydrogen-bond acceptors (Lipinski definition) is 2. The summed E-state index contributed by atoms with van der Waals surface area (Å²) in [5.41, 5.74) is 1.63. The van der Waals surface area contributed by atoms with E-state index in [1.165, 1.54) is 0 Å². The van der Waals surface area contributed by atoms with Gasteiger partial charge in [0.1, 0.15) is 11.3 Å². The van der Waals surface area contributed by atoms with Gasteiger partial charge in [-0.3, -0.25) is 0 Å². The van der Waals surface area contributed by atoms with Crippen LogP contribution in [0.1, 0.15) is 5.56 Å². The summed E-state index contributed by atoms with van der Waals surface area (Å²) in [5.74, 6) is 0.841. The fourth-order valence-electron chi connectivity index (χ4n) is 0.944. The van der Waals surface area contributed by atoms with Crippen molar-refractivity contribution in [2.75, 3.05) is 12.1 Å². The zero-order valence-electron chi connectivity index (χ0n) is 6.66. The Morgan fingerprint density at radius 3 is 2.42 bits per heavy atom. The Balaban J connectivity index is 2.58. The molecule has 0 aliphatic rings. The molecule has 0 saturated heterocycles. The Labute approximate surface area is 80.3 Å². The molecule has 0 saturated carbocycles. The molecule has 2 nitrogen and oxygen atoms in total. The molecule has 3 heteroatoms. The first-order valence-corrected chi connectivity index (χ1v) is 4.87. The van der Waals surface area contributed by atoms with Crippen molar-refractivity contribution in [1.29, 1.82) is 0 Å². The van der Waals surface area contributed by atoms with Crippen LogP contribution in [0.4, 0.5) is 0 Å². The van der Waals surface area contributed by atoms with E-state index >= 15 is 0 Å². The van der Waals surface area contributed by atoms with Crippen LogP contribution in [0.5, 0.6) is 5.75 Å². The van der Waals surface area contributed by atoms with E-state index in [1.807, 2.05) is 24.3 Å². The SMILES string of the molecule is OCCc1ccc(OCBr)cc1. The van der Waals surface area contributed by atoms with Gasteiger partial charge >= 0.3 is 0 Å². The van der Waals surface area contributed by atoms with Crippen molar-refractivity contribution in [2.45, 2.75) is 6.42 Å². The van der Waals surface area contributed by atoms with Crippen LogP contribution < -0.4 is 4.74 Å². The average molecular weight is 231 g/mol. The summed E-state index contributed by atoms with van der Waals surface area (Å²) in [6.45, 7) is 0.193. The van der Waals surface area contributed by atoms with Crippen LogP contribution >= 0.6 is 15.9 Å². The van der Waals surface area contributed by atoms with Crippen molar-refractivity contribution in [3.63, 3.8) is 0 Å². The van der Waals surface area contributed by atoms with Crippen molar-refractivity contribution in [2.24, 2.45) is 0 Å². The van der Waals surface area contributed by atoms with Gasteiger partial charge in [0, 0.05) is 6.61 Å². The van der Waals surface area contributed by atoms with Crippen molar-refractivity contribution in [3.05, 3.63) is 29.8 Å². The fourth-order valence-corrected chi connectivity index (χ4v) is 1.21. The second-order valence-corrected chi connectivity index (χ2v) is 2.83. The quantitative estimate of drug-likeness (QED) is 0.802. The van der Waals surface area contributed by atoms with E-state index in [4.69, 9.17) is 9.84 Å². The molecule has 0 fully saturated rings. The van der Waals surface area contributed by atoms with Crippen LogP contribution in [0.3, 0.4) is 0 Å². The van der Waals surface area contributed by atoms with Gasteiger partial charge in [0.15, 0.2) is 0 Å². The lowest BCUT2D eigenvalue weighted by molar-refractivity contribution is 0.299. The Morgan fingerprint density at radius 2 is 1.92 bits per heavy atom. The van der Waals surface area contributed by atoms with Gasteiger partial charge in [0.2, 0.25) is 0 Å². The first kappa shape index (κ1) is 9.55. The Morgan fingerprint density at radius 1 is 1.25 bits per heavy atom. The van der Waals surface area contributed by atoms with E-state index in [9.17, 15) is 0 Å². The highest BCUT2D eigenvalue weighted by atomic mass is 79.9. The minimum Gasteiger partial charge on any atom is -0.482 e. The number of aliphatic hydroxyl groups is 1. The van der Waals surface area contributed by atoms with E-state index in [-0.39, 0.29) is 6.61 Å². The molecule has 1 N–H and O–H groups in total. The molecule has 0 atom stereocenters. The Kier molecular flexibility index (Phi) is 4.11. The van der Waals surface area contributed by atoms with Crippen molar-refractivity contribution in [1.82, 2.24) is 0 Å². The number of hydrogen-bond donors (Lipinski definition) is 1. The predicted molar refractivity (Wildman–Crippen MR) is 51.7 cm³/mol. The second-order valence-electron chi connectivity index (χ2n) is 2.37. The molecule has 0 aliphatic heterocycles. The van der Waals surface area contributed by atoms with Crippen LogP contribution in [-0.4, -0.2) is 17.2 Å². The zero-order chi connectivity index (χ0) is 8.81. The molecule has 0 aromatic heterocycles. The normalized spacial score (nSPS) is 9.83. The van der Waals surface area contributed by atoms with Crippen molar-refractivity contribution >= 4 is 15.9 Å². The number of benzene rings is 1. The standard InChI is InChI=1S/C9H11BrO2/c10-7-12-9-3-1-8(2-4-9)5-6-11/h1-4,11H,5-7H2. The molecule has 1 aromatic rings. The first-order chi connectivity index (χ1) is 5.86. The number of aliphatic hydroxyl groups excluding tert-OH is 1. The number of alkyl halides is 1. The molecule has 12 heavy (non-hydrogen) atoms. The molecule has 0 radical (unpaired) electrons. The first-order valence-electron chi connectivity index (χ1n) is 3.75. The highest BCUT2D eigenvalue weighted by Gasteiger charge is 1.93. The summed E-state index contributed by atoms with van der Waals surface area (Å²) in [5, 5.41) is 8.65. The van der Waals surface area contributed by atoms with Crippen LogP contribution in [0.15, 0.2) is 24.3 Å². The molecule has 0 spiro atoms. The molecule has 1 rings (SSSR count). The number of rotatable bonds is 4. The van der Waals surface area contributed by atoms with Crippen LogP contribution in [0.25, 0.3) is 0 Å².